The molecule has 4 rings (SSSR count). The fourth-order valence-corrected chi connectivity index (χ4v) is 6.02. The van der Waals surface area contributed by atoms with Gasteiger partial charge in [-0.2, -0.15) is 5.26 Å². The molecule has 0 radical (unpaired) electrons. The zero-order valence-corrected chi connectivity index (χ0v) is 17.3. The number of allylic oxidation sites excluding steroid dienone is 1. The van der Waals surface area contributed by atoms with E-state index >= 15 is 0 Å². The molecule has 27 heavy (non-hydrogen) atoms. The molecular formula is C21H25N3OS2. The minimum Gasteiger partial charge on any atom is -0.292 e. The number of nitriles is 1. The fraction of sp³-hybridized carbons (Fsp3) is 0.524. The molecule has 1 atom stereocenters. The van der Waals surface area contributed by atoms with E-state index in [0.29, 0.717) is 19.1 Å². The molecule has 1 aliphatic carbocycles. The number of carbonyl (C=O) groups is 1. The molecule has 1 aromatic rings. The van der Waals surface area contributed by atoms with E-state index in [1.807, 2.05) is 4.90 Å². The third-order valence-corrected chi connectivity index (χ3v) is 7.84. The number of hydrogen-bond donors (Lipinski definition) is 0. The Morgan fingerprint density at radius 2 is 1.93 bits per heavy atom. The van der Waals surface area contributed by atoms with E-state index in [2.05, 4.69) is 41.5 Å². The van der Waals surface area contributed by atoms with Crippen LogP contribution in [-0.4, -0.2) is 40.6 Å². The largest absolute Gasteiger partial charge is 0.292 e. The highest BCUT2D eigenvalue weighted by atomic mass is 32.2. The average molecular weight is 400 g/mol. The standard InChI is InChI=1S/C21H25N3OS2/c1-26-17-9-7-15(8-10-17)18-11-20(25)24-13-23(16-5-3-2-4-6-16)14-27-21(24)19(18)12-22/h7-10,16,18H,2-6,11,13-14H2,1H3. The van der Waals surface area contributed by atoms with Crippen molar-refractivity contribution in [2.75, 3.05) is 18.8 Å². The minimum atomic E-state index is -0.113. The number of fused-ring (bicyclic) bond motifs is 1. The van der Waals surface area contributed by atoms with Crippen LogP contribution in [0.5, 0.6) is 0 Å². The third kappa shape index (κ3) is 3.78. The molecule has 0 spiro atoms. The van der Waals surface area contributed by atoms with Crippen molar-refractivity contribution in [2.24, 2.45) is 0 Å². The van der Waals surface area contributed by atoms with E-state index in [1.54, 1.807) is 23.5 Å². The highest BCUT2D eigenvalue weighted by molar-refractivity contribution is 8.03. The monoisotopic (exact) mass is 399 g/mol. The zero-order valence-electron chi connectivity index (χ0n) is 15.7. The predicted molar refractivity (Wildman–Crippen MR) is 111 cm³/mol. The summed E-state index contributed by atoms with van der Waals surface area (Å²) in [5.74, 6) is 0.918. The van der Waals surface area contributed by atoms with Gasteiger partial charge in [-0.15, -0.1) is 11.8 Å². The van der Waals surface area contributed by atoms with Crippen LogP contribution in [0.4, 0.5) is 0 Å². The van der Waals surface area contributed by atoms with Gasteiger partial charge in [-0.05, 0) is 36.8 Å². The molecular weight excluding hydrogens is 374 g/mol. The molecule has 3 aliphatic rings. The van der Waals surface area contributed by atoms with Crippen LogP contribution in [0.3, 0.4) is 0 Å². The number of rotatable bonds is 3. The van der Waals surface area contributed by atoms with Gasteiger partial charge in [0.2, 0.25) is 5.91 Å². The predicted octanol–water partition coefficient (Wildman–Crippen LogP) is 4.76. The Balaban J connectivity index is 1.59. The summed E-state index contributed by atoms with van der Waals surface area (Å²) in [5, 5.41) is 10.8. The molecule has 0 N–H and O–H groups in total. The van der Waals surface area contributed by atoms with Gasteiger partial charge >= 0.3 is 0 Å². The van der Waals surface area contributed by atoms with Gasteiger partial charge in [-0.3, -0.25) is 14.6 Å². The molecule has 2 aliphatic heterocycles. The summed E-state index contributed by atoms with van der Waals surface area (Å²) >= 11 is 3.38. The summed E-state index contributed by atoms with van der Waals surface area (Å²) in [6, 6.07) is 11.3. The number of amides is 1. The second kappa shape index (κ2) is 8.30. The van der Waals surface area contributed by atoms with Crippen LogP contribution in [0.25, 0.3) is 0 Å². The first-order valence-corrected chi connectivity index (χ1v) is 11.9. The Kier molecular flexibility index (Phi) is 5.82. The minimum absolute atomic E-state index is 0.113. The number of thioether (sulfide) groups is 2. The molecule has 1 saturated heterocycles. The number of hydrogen-bond acceptors (Lipinski definition) is 5. The highest BCUT2D eigenvalue weighted by Gasteiger charge is 2.39. The van der Waals surface area contributed by atoms with Crippen LogP contribution in [0.15, 0.2) is 39.8 Å². The fourth-order valence-electron chi connectivity index (χ4n) is 4.37. The lowest BCUT2D eigenvalue weighted by molar-refractivity contribution is -0.132. The SMILES string of the molecule is CSc1ccc(C2CC(=O)N3CN(C4CCCCC4)CSC3=C2C#N)cc1. The van der Waals surface area contributed by atoms with Crippen molar-refractivity contribution < 1.29 is 4.79 Å². The lowest BCUT2D eigenvalue weighted by atomic mass is 9.86. The van der Waals surface area contributed by atoms with Crippen molar-refractivity contribution in [3.05, 3.63) is 40.4 Å². The van der Waals surface area contributed by atoms with Crippen molar-refractivity contribution in [1.29, 1.82) is 5.26 Å². The van der Waals surface area contributed by atoms with Crippen molar-refractivity contribution in [3.8, 4) is 6.07 Å². The van der Waals surface area contributed by atoms with Crippen LogP contribution in [0.2, 0.25) is 0 Å². The molecule has 6 heteroatoms. The molecule has 142 valence electrons. The zero-order chi connectivity index (χ0) is 18.8. The van der Waals surface area contributed by atoms with Crippen molar-refractivity contribution in [1.82, 2.24) is 9.80 Å². The molecule has 0 bridgehead atoms. The molecule has 2 heterocycles. The summed E-state index contributed by atoms with van der Waals surface area (Å²) in [7, 11) is 0. The number of nitrogens with zero attached hydrogens (tertiary/aromatic N) is 3. The van der Waals surface area contributed by atoms with Crippen LogP contribution < -0.4 is 0 Å². The Hall–Kier alpha value is -1.42. The summed E-state index contributed by atoms with van der Waals surface area (Å²) < 4.78 is 0. The molecule has 1 amide bonds. The van der Waals surface area contributed by atoms with Crippen LogP contribution in [0.1, 0.15) is 50.0 Å². The Morgan fingerprint density at radius 3 is 2.59 bits per heavy atom. The highest BCUT2D eigenvalue weighted by Crippen LogP contribution is 2.43. The molecule has 1 unspecified atom stereocenters. The Labute approximate surface area is 170 Å². The second-order valence-corrected chi connectivity index (χ2v) is 9.29. The van der Waals surface area contributed by atoms with E-state index in [-0.39, 0.29) is 11.8 Å². The van der Waals surface area contributed by atoms with E-state index in [9.17, 15) is 10.1 Å². The first-order valence-electron chi connectivity index (χ1n) is 9.66. The normalized spacial score (nSPS) is 24.7. The maximum absolute atomic E-state index is 13.0. The number of carbonyl (C=O) groups excluding carboxylic acids is 1. The van der Waals surface area contributed by atoms with Crippen LogP contribution in [0, 0.1) is 11.3 Å². The Morgan fingerprint density at radius 1 is 1.19 bits per heavy atom. The summed E-state index contributed by atoms with van der Waals surface area (Å²) in [6.45, 7) is 0.648. The lowest BCUT2D eigenvalue weighted by Gasteiger charge is -2.44. The third-order valence-electron chi connectivity index (χ3n) is 5.92. The van der Waals surface area contributed by atoms with Gasteiger partial charge in [0.1, 0.15) is 0 Å². The smallest absolute Gasteiger partial charge is 0.229 e. The maximum atomic E-state index is 13.0. The van der Waals surface area contributed by atoms with Gasteiger partial charge in [-0.25, -0.2) is 0 Å². The molecule has 2 fully saturated rings. The van der Waals surface area contributed by atoms with E-state index in [1.165, 1.54) is 37.0 Å². The first-order chi connectivity index (χ1) is 13.2. The second-order valence-electron chi connectivity index (χ2n) is 7.48. The van der Waals surface area contributed by atoms with Crippen LogP contribution >= 0.6 is 23.5 Å². The van der Waals surface area contributed by atoms with Crippen molar-refractivity contribution in [2.45, 2.75) is 55.4 Å². The topological polar surface area (TPSA) is 47.3 Å². The van der Waals surface area contributed by atoms with Crippen molar-refractivity contribution >= 4 is 29.4 Å². The van der Waals surface area contributed by atoms with Gasteiger partial charge in [-0.1, -0.05) is 43.2 Å². The average Bonchev–Trinajstić information content (AvgIpc) is 2.74. The summed E-state index contributed by atoms with van der Waals surface area (Å²) in [6.07, 6.45) is 8.83. The number of benzene rings is 1. The van der Waals surface area contributed by atoms with Crippen molar-refractivity contribution in [3.63, 3.8) is 0 Å². The van der Waals surface area contributed by atoms with Crippen LogP contribution in [-0.2, 0) is 4.79 Å². The van der Waals surface area contributed by atoms with E-state index in [0.717, 1.165) is 22.0 Å². The van der Waals surface area contributed by atoms with Gasteiger partial charge < -0.3 is 0 Å². The molecule has 0 aromatic heterocycles. The molecule has 4 nitrogen and oxygen atoms in total. The van der Waals surface area contributed by atoms with Gasteiger partial charge in [0.25, 0.3) is 0 Å². The van der Waals surface area contributed by atoms with Gasteiger partial charge in [0, 0.05) is 23.3 Å². The van der Waals surface area contributed by atoms with E-state index < -0.39 is 0 Å². The lowest BCUT2D eigenvalue weighted by Crippen LogP contribution is -2.51. The Bertz CT molecular complexity index is 778. The molecule has 1 saturated carbocycles. The first kappa shape index (κ1) is 18.9. The van der Waals surface area contributed by atoms with Gasteiger partial charge in [0.05, 0.1) is 29.2 Å². The summed E-state index contributed by atoms with van der Waals surface area (Å²) in [5.41, 5.74) is 1.83. The summed E-state index contributed by atoms with van der Waals surface area (Å²) in [4.78, 5) is 18.5. The van der Waals surface area contributed by atoms with E-state index in [4.69, 9.17) is 0 Å². The quantitative estimate of drug-likeness (QED) is 0.686. The molecule has 1 aromatic carbocycles. The maximum Gasteiger partial charge on any atom is 0.229 e. The van der Waals surface area contributed by atoms with Gasteiger partial charge in [0.15, 0.2) is 0 Å².